The number of carbonyl (C=O) groups is 1. The number of thioether (sulfide) groups is 1. The molecule has 1 N–H and O–H groups in total. The van der Waals surface area contributed by atoms with Crippen molar-refractivity contribution in [3.05, 3.63) is 64.4 Å². The van der Waals surface area contributed by atoms with Crippen molar-refractivity contribution in [1.29, 1.82) is 0 Å². The van der Waals surface area contributed by atoms with Gasteiger partial charge < -0.3 is 19.4 Å². The summed E-state index contributed by atoms with van der Waals surface area (Å²) < 4.78 is 13.5. The number of rotatable bonds is 8. The molecular weight excluding hydrogens is 436 g/mol. The molecule has 4 rings (SSSR count). The van der Waals surface area contributed by atoms with E-state index < -0.39 is 0 Å². The summed E-state index contributed by atoms with van der Waals surface area (Å²) in [5.41, 5.74) is 1.97. The van der Waals surface area contributed by atoms with E-state index in [0.29, 0.717) is 29.9 Å². The van der Waals surface area contributed by atoms with E-state index in [0.717, 1.165) is 28.5 Å². The lowest BCUT2D eigenvalue weighted by Gasteiger charge is -2.12. The molecule has 31 heavy (non-hydrogen) atoms. The molecule has 0 saturated carbocycles. The van der Waals surface area contributed by atoms with Crippen molar-refractivity contribution in [1.82, 2.24) is 20.1 Å². The third-order valence-electron chi connectivity index (χ3n) is 4.98. The minimum atomic E-state index is -0.205. The maximum absolute atomic E-state index is 12.5. The molecule has 0 aliphatic carbocycles. The second kappa shape index (κ2) is 9.62. The highest BCUT2D eigenvalue weighted by Crippen LogP contribution is 2.34. The molecule has 0 bridgehead atoms. The van der Waals surface area contributed by atoms with Crippen LogP contribution in [0.4, 0.5) is 0 Å². The molecule has 3 aromatic rings. The molecule has 0 saturated heterocycles. The number of fused-ring (bicyclic) bond motifs is 1. The molecule has 0 unspecified atom stereocenters. The number of nitrogens with one attached hydrogen (secondary N) is 1. The number of aryl methyl sites for hydroxylation is 1. The number of halogens is 1. The van der Waals surface area contributed by atoms with Gasteiger partial charge in [-0.3, -0.25) is 4.79 Å². The number of amides is 1. The average Bonchev–Trinajstić information content (AvgIpc) is 3.35. The van der Waals surface area contributed by atoms with Crippen LogP contribution in [0.2, 0.25) is 5.02 Å². The molecule has 0 fully saturated rings. The standard InChI is InChI=1S/C22H23ClN4O3S/c1-3-27-20(12-30-18-7-5-4-6-14(18)2)25-26-22(27)31-13-21(28)24-17-11-29-19-9-8-15(23)10-16(17)19/h4-10,17H,3,11-13H2,1-2H3,(H,24,28)/t17-/m1/s1. The Labute approximate surface area is 190 Å². The Hall–Kier alpha value is -2.71. The first-order valence-corrected chi connectivity index (χ1v) is 11.4. The van der Waals surface area contributed by atoms with Crippen LogP contribution in [0.5, 0.6) is 11.5 Å². The first-order chi connectivity index (χ1) is 15.0. The topological polar surface area (TPSA) is 78.3 Å². The van der Waals surface area contributed by atoms with Gasteiger partial charge in [0.1, 0.15) is 24.7 Å². The quantitative estimate of drug-likeness (QED) is 0.510. The first-order valence-electron chi connectivity index (χ1n) is 10.00. The summed E-state index contributed by atoms with van der Waals surface area (Å²) in [7, 11) is 0. The van der Waals surface area contributed by atoms with Gasteiger partial charge in [-0.1, -0.05) is 41.6 Å². The van der Waals surface area contributed by atoms with E-state index in [-0.39, 0.29) is 17.7 Å². The SMILES string of the molecule is CCn1c(COc2ccccc2C)nnc1SCC(=O)N[C@@H]1COc2ccc(Cl)cc21. The molecule has 0 spiro atoms. The summed E-state index contributed by atoms with van der Waals surface area (Å²) in [6.07, 6.45) is 0. The van der Waals surface area contributed by atoms with Gasteiger partial charge in [0, 0.05) is 17.1 Å². The summed E-state index contributed by atoms with van der Waals surface area (Å²) in [5.74, 6) is 2.42. The average molecular weight is 459 g/mol. The van der Waals surface area contributed by atoms with Crippen molar-refractivity contribution < 1.29 is 14.3 Å². The molecule has 7 nitrogen and oxygen atoms in total. The minimum absolute atomic E-state index is 0.102. The lowest BCUT2D eigenvalue weighted by Crippen LogP contribution is -2.30. The summed E-state index contributed by atoms with van der Waals surface area (Å²) in [6, 6.07) is 13.1. The third-order valence-corrected chi connectivity index (χ3v) is 6.18. The van der Waals surface area contributed by atoms with Gasteiger partial charge in [0.25, 0.3) is 0 Å². The Balaban J connectivity index is 1.34. The van der Waals surface area contributed by atoms with E-state index in [1.807, 2.05) is 54.8 Å². The number of carbonyl (C=O) groups excluding carboxylic acids is 1. The molecule has 1 aliphatic rings. The molecule has 9 heteroatoms. The van der Waals surface area contributed by atoms with Crippen LogP contribution in [0.25, 0.3) is 0 Å². The van der Waals surface area contributed by atoms with Gasteiger partial charge in [-0.05, 0) is 43.7 Å². The van der Waals surface area contributed by atoms with Crippen molar-refractivity contribution in [2.75, 3.05) is 12.4 Å². The van der Waals surface area contributed by atoms with Crippen molar-refractivity contribution in [2.24, 2.45) is 0 Å². The van der Waals surface area contributed by atoms with Crippen LogP contribution in [0, 0.1) is 6.92 Å². The predicted octanol–water partition coefficient (Wildman–Crippen LogP) is 4.18. The van der Waals surface area contributed by atoms with E-state index in [4.69, 9.17) is 21.1 Å². The highest BCUT2D eigenvalue weighted by atomic mass is 35.5. The van der Waals surface area contributed by atoms with Crippen LogP contribution in [0.15, 0.2) is 47.6 Å². The third kappa shape index (κ3) is 4.97. The van der Waals surface area contributed by atoms with Crippen molar-refractivity contribution in [3.8, 4) is 11.5 Å². The van der Waals surface area contributed by atoms with Crippen LogP contribution in [0.1, 0.15) is 29.9 Å². The van der Waals surface area contributed by atoms with Crippen LogP contribution in [-0.2, 0) is 17.9 Å². The van der Waals surface area contributed by atoms with Gasteiger partial charge in [0.15, 0.2) is 11.0 Å². The number of hydrogen-bond acceptors (Lipinski definition) is 6. The molecular formula is C22H23ClN4O3S. The number of ether oxygens (including phenoxy) is 2. The molecule has 2 aromatic carbocycles. The molecule has 1 aliphatic heterocycles. The largest absolute Gasteiger partial charge is 0.491 e. The minimum Gasteiger partial charge on any atom is -0.491 e. The summed E-state index contributed by atoms with van der Waals surface area (Å²) >= 11 is 7.42. The first kappa shape index (κ1) is 21.5. The molecule has 162 valence electrons. The normalized spacial score (nSPS) is 14.7. The zero-order chi connectivity index (χ0) is 21.8. The highest BCUT2D eigenvalue weighted by Gasteiger charge is 2.26. The van der Waals surface area contributed by atoms with E-state index in [1.54, 1.807) is 6.07 Å². The van der Waals surface area contributed by atoms with Gasteiger partial charge in [-0.2, -0.15) is 0 Å². The monoisotopic (exact) mass is 458 g/mol. The zero-order valence-corrected chi connectivity index (χ0v) is 18.9. The fraction of sp³-hybridized carbons (Fsp3) is 0.318. The van der Waals surface area contributed by atoms with Crippen LogP contribution in [-0.4, -0.2) is 33.0 Å². The number of hydrogen-bond donors (Lipinski definition) is 1. The lowest BCUT2D eigenvalue weighted by molar-refractivity contribution is -0.119. The summed E-state index contributed by atoms with van der Waals surface area (Å²) in [4.78, 5) is 12.5. The number of nitrogens with zero attached hydrogens (tertiary/aromatic N) is 3. The summed E-state index contributed by atoms with van der Waals surface area (Å²) in [6.45, 7) is 5.42. The second-order valence-electron chi connectivity index (χ2n) is 7.10. The van der Waals surface area contributed by atoms with Gasteiger partial charge in [0.05, 0.1) is 11.8 Å². The fourth-order valence-corrected chi connectivity index (χ4v) is 4.40. The number of benzene rings is 2. The molecule has 1 aromatic heterocycles. The van der Waals surface area contributed by atoms with Gasteiger partial charge in [0.2, 0.25) is 5.91 Å². The maximum Gasteiger partial charge on any atom is 0.231 e. The molecule has 0 radical (unpaired) electrons. The van der Waals surface area contributed by atoms with Gasteiger partial charge >= 0.3 is 0 Å². The maximum atomic E-state index is 12.5. The Kier molecular flexibility index (Phi) is 6.67. The predicted molar refractivity (Wildman–Crippen MR) is 120 cm³/mol. The molecule has 2 heterocycles. The van der Waals surface area contributed by atoms with E-state index in [1.165, 1.54) is 11.8 Å². The Morgan fingerprint density at radius 1 is 1.32 bits per heavy atom. The molecule has 1 amide bonds. The number of aromatic nitrogens is 3. The lowest BCUT2D eigenvalue weighted by atomic mass is 10.1. The summed E-state index contributed by atoms with van der Waals surface area (Å²) in [5, 5.41) is 12.8. The zero-order valence-electron chi connectivity index (χ0n) is 17.3. The van der Waals surface area contributed by atoms with E-state index in [9.17, 15) is 4.79 Å². The van der Waals surface area contributed by atoms with E-state index >= 15 is 0 Å². The van der Waals surface area contributed by atoms with Crippen LogP contribution < -0.4 is 14.8 Å². The van der Waals surface area contributed by atoms with Crippen LogP contribution >= 0.6 is 23.4 Å². The van der Waals surface area contributed by atoms with Crippen LogP contribution in [0.3, 0.4) is 0 Å². The van der Waals surface area contributed by atoms with Gasteiger partial charge in [-0.15, -0.1) is 10.2 Å². The molecule has 1 atom stereocenters. The van der Waals surface area contributed by atoms with Gasteiger partial charge in [-0.25, -0.2) is 0 Å². The van der Waals surface area contributed by atoms with Crippen molar-refractivity contribution >= 4 is 29.3 Å². The second-order valence-corrected chi connectivity index (χ2v) is 8.48. The Morgan fingerprint density at radius 3 is 2.97 bits per heavy atom. The van der Waals surface area contributed by atoms with Crippen molar-refractivity contribution in [2.45, 2.75) is 38.2 Å². The van der Waals surface area contributed by atoms with E-state index in [2.05, 4.69) is 15.5 Å². The highest BCUT2D eigenvalue weighted by molar-refractivity contribution is 7.99. The Morgan fingerprint density at radius 2 is 2.16 bits per heavy atom. The fourth-order valence-electron chi connectivity index (χ4n) is 3.38. The van der Waals surface area contributed by atoms with Crippen molar-refractivity contribution in [3.63, 3.8) is 0 Å². The smallest absolute Gasteiger partial charge is 0.231 e. The number of para-hydroxylation sites is 1. The Bertz CT molecular complexity index is 1090.